The van der Waals surface area contributed by atoms with Crippen LogP contribution in [0.3, 0.4) is 0 Å². The van der Waals surface area contributed by atoms with E-state index in [9.17, 15) is 9.59 Å². The largest absolute Gasteiger partial charge is 0.283 e. The van der Waals surface area contributed by atoms with Crippen LogP contribution in [0.1, 0.15) is 24.1 Å². The van der Waals surface area contributed by atoms with Crippen LogP contribution in [-0.2, 0) is 9.59 Å². The minimum atomic E-state index is 0.221. The lowest BCUT2D eigenvalue weighted by atomic mass is 10.3. The molecule has 5 rings (SSSR count). The first kappa shape index (κ1) is 15.0. The summed E-state index contributed by atoms with van der Waals surface area (Å²) in [5, 5.41) is 0. The Morgan fingerprint density at radius 1 is 0.643 bits per heavy atom. The molecule has 3 aromatic rings. The van der Waals surface area contributed by atoms with Gasteiger partial charge in [0.2, 0.25) is 12.8 Å². The average Bonchev–Trinajstić information content (AvgIpc) is 3.46. The van der Waals surface area contributed by atoms with Crippen LogP contribution >= 0.6 is 0 Å². The molecule has 0 aliphatic carbocycles. The van der Waals surface area contributed by atoms with Gasteiger partial charge in [-0.05, 0) is 72.8 Å². The summed E-state index contributed by atoms with van der Waals surface area (Å²) in [5.41, 5.74) is 5.04. The highest BCUT2D eigenvalue weighted by atomic mass is 16.1. The van der Waals surface area contributed by atoms with E-state index in [1.807, 2.05) is 36.4 Å². The molecular weight excluding hydrogens is 352 g/mol. The maximum atomic E-state index is 11.7. The van der Waals surface area contributed by atoms with Crippen LogP contribution in [0.2, 0.25) is 0 Å². The Bertz CT molecular complexity index is 1410. The van der Waals surface area contributed by atoms with E-state index in [2.05, 4.69) is 9.97 Å². The van der Waals surface area contributed by atoms with Crippen LogP contribution in [0, 0.1) is 0 Å². The van der Waals surface area contributed by atoms with Gasteiger partial charge in [0.05, 0.1) is 46.2 Å². The Morgan fingerprint density at radius 2 is 1.04 bits per heavy atom. The van der Waals surface area contributed by atoms with Crippen molar-refractivity contribution >= 4 is 59.2 Å². The van der Waals surface area contributed by atoms with Gasteiger partial charge in [-0.1, -0.05) is 0 Å². The van der Waals surface area contributed by atoms with E-state index in [1.54, 1.807) is 30.3 Å². The molecular formula is C22H14N4O2. The Kier molecular flexibility index (Phi) is 3.37. The molecule has 0 aromatic carbocycles. The summed E-state index contributed by atoms with van der Waals surface area (Å²) < 4.78 is 11.2. The van der Waals surface area contributed by atoms with E-state index in [0.717, 1.165) is 6.41 Å². The SMILES string of the molecule is [2H]c1cc2cc3nc(cc4ccc(cc5nc(cc1n2C=O)C=C5)n4C=O)C=C3. The van der Waals surface area contributed by atoms with E-state index >= 15 is 0 Å². The quantitative estimate of drug-likeness (QED) is 0.446. The monoisotopic (exact) mass is 367 g/mol. The summed E-state index contributed by atoms with van der Waals surface area (Å²) in [6.45, 7) is 0. The summed E-state index contributed by atoms with van der Waals surface area (Å²) in [4.78, 5) is 32.4. The third-order valence-corrected chi connectivity index (χ3v) is 4.64. The first-order valence-electron chi connectivity index (χ1n) is 9.15. The summed E-state index contributed by atoms with van der Waals surface area (Å²) in [6.07, 6.45) is 8.74. The topological polar surface area (TPSA) is 69.8 Å². The molecule has 0 radical (unpaired) electrons. The highest BCUT2D eigenvalue weighted by molar-refractivity contribution is 5.83. The maximum absolute atomic E-state index is 11.7. The number of carbonyl (C=O) groups excluding carboxylic acids is 2. The van der Waals surface area contributed by atoms with Gasteiger partial charge in [0.1, 0.15) is 0 Å². The fourth-order valence-electron chi connectivity index (χ4n) is 3.31. The molecule has 2 aliphatic rings. The fraction of sp³-hybridized carbons (Fsp3) is 0. The molecule has 0 spiro atoms. The van der Waals surface area contributed by atoms with E-state index in [-0.39, 0.29) is 6.04 Å². The smallest absolute Gasteiger partial charge is 0.218 e. The van der Waals surface area contributed by atoms with Gasteiger partial charge in [0, 0.05) is 0 Å². The average molecular weight is 367 g/mol. The number of fused-ring (bicyclic) bond motifs is 8. The van der Waals surface area contributed by atoms with Crippen LogP contribution in [0.5, 0.6) is 0 Å². The lowest BCUT2D eigenvalue weighted by molar-refractivity contribution is 0.549. The van der Waals surface area contributed by atoms with Gasteiger partial charge in [-0.3, -0.25) is 18.7 Å². The lowest BCUT2D eigenvalue weighted by Crippen LogP contribution is -1.93. The summed E-state index contributed by atoms with van der Waals surface area (Å²) in [7, 11) is 0. The van der Waals surface area contributed by atoms with Crippen molar-refractivity contribution in [1.29, 1.82) is 0 Å². The molecule has 0 fully saturated rings. The van der Waals surface area contributed by atoms with Crippen LogP contribution in [0.25, 0.3) is 46.4 Å². The van der Waals surface area contributed by atoms with Crippen molar-refractivity contribution in [3.63, 3.8) is 0 Å². The molecule has 5 heterocycles. The number of rotatable bonds is 2. The lowest BCUT2D eigenvalue weighted by Gasteiger charge is -1.95. The first-order valence-corrected chi connectivity index (χ1v) is 8.65. The normalized spacial score (nSPS) is 12.8. The van der Waals surface area contributed by atoms with Gasteiger partial charge in [-0.15, -0.1) is 0 Å². The fourth-order valence-corrected chi connectivity index (χ4v) is 3.31. The number of aromatic nitrogens is 4. The third-order valence-electron chi connectivity index (χ3n) is 4.64. The van der Waals surface area contributed by atoms with Crippen molar-refractivity contribution in [1.82, 2.24) is 19.1 Å². The van der Waals surface area contributed by atoms with Crippen molar-refractivity contribution in [3.8, 4) is 0 Å². The Hall–Kier alpha value is -4.06. The van der Waals surface area contributed by atoms with E-state index in [1.165, 1.54) is 9.13 Å². The number of nitrogens with zero attached hydrogens (tertiary/aromatic N) is 4. The second-order valence-corrected chi connectivity index (χ2v) is 6.40. The molecule has 6 heteroatoms. The summed E-state index contributed by atoms with van der Waals surface area (Å²) in [6, 6.07) is 12.6. The molecule has 8 bridgehead atoms. The highest BCUT2D eigenvalue weighted by Gasteiger charge is 2.05. The molecule has 0 N–H and O–H groups in total. The van der Waals surface area contributed by atoms with E-state index in [0.29, 0.717) is 51.3 Å². The van der Waals surface area contributed by atoms with Gasteiger partial charge in [0.15, 0.2) is 0 Å². The molecule has 134 valence electrons. The summed E-state index contributed by atoms with van der Waals surface area (Å²) >= 11 is 0. The number of carbonyl (C=O) groups is 2. The van der Waals surface area contributed by atoms with Crippen LogP contribution < -0.4 is 0 Å². The Balaban J connectivity index is 1.95. The minimum Gasteiger partial charge on any atom is -0.283 e. The van der Waals surface area contributed by atoms with Crippen molar-refractivity contribution in [2.24, 2.45) is 0 Å². The number of hydrogen-bond acceptors (Lipinski definition) is 4. The van der Waals surface area contributed by atoms with Crippen molar-refractivity contribution in [2.75, 3.05) is 0 Å². The van der Waals surface area contributed by atoms with Crippen molar-refractivity contribution in [3.05, 3.63) is 71.3 Å². The third kappa shape index (κ3) is 2.68. The van der Waals surface area contributed by atoms with Crippen molar-refractivity contribution < 1.29 is 11.0 Å². The molecule has 28 heavy (non-hydrogen) atoms. The van der Waals surface area contributed by atoms with Crippen LogP contribution in [-0.4, -0.2) is 31.9 Å². The zero-order valence-electron chi connectivity index (χ0n) is 15.6. The van der Waals surface area contributed by atoms with Crippen LogP contribution in [0.4, 0.5) is 0 Å². The predicted octanol–water partition coefficient (Wildman–Crippen LogP) is 3.68. The van der Waals surface area contributed by atoms with Crippen LogP contribution in [0.15, 0.2) is 48.5 Å². The molecule has 6 nitrogen and oxygen atoms in total. The zero-order valence-corrected chi connectivity index (χ0v) is 14.6. The molecule has 0 saturated carbocycles. The van der Waals surface area contributed by atoms with Gasteiger partial charge < -0.3 is 0 Å². The second kappa shape index (κ2) is 6.28. The van der Waals surface area contributed by atoms with Crippen molar-refractivity contribution in [2.45, 2.75) is 0 Å². The highest BCUT2D eigenvalue weighted by Crippen LogP contribution is 2.19. The van der Waals surface area contributed by atoms with Gasteiger partial charge in [-0.2, -0.15) is 0 Å². The maximum Gasteiger partial charge on any atom is 0.218 e. The van der Waals surface area contributed by atoms with Gasteiger partial charge >= 0.3 is 0 Å². The molecule has 0 atom stereocenters. The Labute approximate surface area is 161 Å². The van der Waals surface area contributed by atoms with E-state index < -0.39 is 0 Å². The van der Waals surface area contributed by atoms with E-state index in [4.69, 9.17) is 1.37 Å². The predicted molar refractivity (Wildman–Crippen MR) is 110 cm³/mol. The van der Waals surface area contributed by atoms with Gasteiger partial charge in [-0.25, -0.2) is 9.97 Å². The number of hydrogen-bond donors (Lipinski definition) is 0. The first-order chi connectivity index (χ1) is 14.1. The molecule has 2 aliphatic heterocycles. The standard InChI is InChI=1S/C22H14N4O2/c27-13-25-19-5-6-21(25)11-17-3-4-18(24-17)12-22-8-7-20(26(22)14-28)10-16-2-1-15(9-19)23-16/h1-14H/i5D. The molecule has 0 saturated heterocycles. The second-order valence-electron chi connectivity index (χ2n) is 6.40. The molecule has 3 aromatic heterocycles. The van der Waals surface area contributed by atoms with Gasteiger partial charge in [0.25, 0.3) is 0 Å². The Morgan fingerprint density at radius 3 is 1.50 bits per heavy atom. The molecule has 0 amide bonds. The molecule has 0 unspecified atom stereocenters. The summed E-state index contributed by atoms with van der Waals surface area (Å²) in [5.74, 6) is 0. The zero-order chi connectivity index (χ0) is 20.0. The minimum absolute atomic E-state index is 0.221.